The van der Waals surface area contributed by atoms with E-state index >= 15 is 0 Å². The second-order valence-corrected chi connectivity index (χ2v) is 9.70. The number of amides is 1. The molecule has 1 aliphatic heterocycles. The number of hydrogen-bond donors (Lipinski definition) is 2. The average Bonchev–Trinajstić information content (AvgIpc) is 3.24. The summed E-state index contributed by atoms with van der Waals surface area (Å²) in [6.07, 6.45) is 2.20. The molecule has 2 atom stereocenters. The fourth-order valence-electron chi connectivity index (χ4n) is 3.53. The molecule has 0 bridgehead atoms. The van der Waals surface area contributed by atoms with Crippen molar-refractivity contribution < 1.29 is 18.7 Å². The minimum absolute atomic E-state index is 0.0482. The Hall–Kier alpha value is -2.58. The highest BCUT2D eigenvalue weighted by Gasteiger charge is 2.21. The molecule has 3 rings (SSSR count). The predicted octanol–water partition coefficient (Wildman–Crippen LogP) is 5.17. The molecule has 0 saturated heterocycles. The van der Waals surface area contributed by atoms with E-state index in [4.69, 9.17) is 9.47 Å². The Bertz CT molecular complexity index is 999. The second kappa shape index (κ2) is 12.8. The number of carbonyl (C=O) groups excluding carboxylic acids is 1. The maximum atomic E-state index is 14.0. The van der Waals surface area contributed by atoms with Gasteiger partial charge in [-0.1, -0.05) is 43.3 Å². The SMILES string of the molecule is CCCC(C)NCC1CSC(NC(=O)c2cc(OCc3ccccc3F)cc(OC(C)C)c2)=N1. The Morgan fingerprint density at radius 2 is 1.97 bits per heavy atom. The molecular formula is C26H34FN3O3S. The van der Waals surface area contributed by atoms with Crippen LogP contribution in [0.25, 0.3) is 0 Å². The van der Waals surface area contributed by atoms with Crippen LogP contribution in [0.3, 0.4) is 0 Å². The molecule has 1 amide bonds. The zero-order valence-corrected chi connectivity index (χ0v) is 21.1. The summed E-state index contributed by atoms with van der Waals surface area (Å²) in [5, 5.41) is 7.02. The van der Waals surface area contributed by atoms with Crippen molar-refractivity contribution >= 4 is 22.8 Å². The van der Waals surface area contributed by atoms with E-state index in [9.17, 15) is 9.18 Å². The van der Waals surface area contributed by atoms with E-state index in [1.54, 1.807) is 48.2 Å². The molecule has 0 fully saturated rings. The van der Waals surface area contributed by atoms with Crippen molar-refractivity contribution in [3.63, 3.8) is 0 Å². The summed E-state index contributed by atoms with van der Waals surface area (Å²) >= 11 is 1.54. The van der Waals surface area contributed by atoms with Gasteiger partial charge in [-0.3, -0.25) is 9.79 Å². The Kier molecular flexibility index (Phi) is 9.77. The number of amidine groups is 1. The summed E-state index contributed by atoms with van der Waals surface area (Å²) in [7, 11) is 0. The second-order valence-electron chi connectivity index (χ2n) is 8.69. The summed E-state index contributed by atoms with van der Waals surface area (Å²) in [4.78, 5) is 17.6. The molecule has 6 nitrogen and oxygen atoms in total. The van der Waals surface area contributed by atoms with Crippen molar-refractivity contribution in [2.24, 2.45) is 4.99 Å². The number of nitrogens with zero attached hydrogens (tertiary/aromatic N) is 1. The van der Waals surface area contributed by atoms with E-state index in [1.807, 2.05) is 13.8 Å². The molecule has 34 heavy (non-hydrogen) atoms. The molecule has 0 radical (unpaired) electrons. The van der Waals surface area contributed by atoms with Crippen LogP contribution in [0.15, 0.2) is 47.5 Å². The Morgan fingerprint density at radius 1 is 1.21 bits per heavy atom. The number of hydrogen-bond acceptors (Lipinski definition) is 6. The maximum absolute atomic E-state index is 14.0. The summed E-state index contributed by atoms with van der Waals surface area (Å²) < 4.78 is 25.6. The third-order valence-electron chi connectivity index (χ3n) is 5.22. The molecular weight excluding hydrogens is 453 g/mol. The highest BCUT2D eigenvalue weighted by Crippen LogP contribution is 2.26. The molecule has 2 unspecified atom stereocenters. The first-order chi connectivity index (χ1) is 16.3. The lowest BCUT2D eigenvalue weighted by atomic mass is 10.2. The molecule has 2 N–H and O–H groups in total. The van der Waals surface area contributed by atoms with Crippen LogP contribution in [0.5, 0.6) is 11.5 Å². The zero-order chi connectivity index (χ0) is 24.5. The molecule has 0 spiro atoms. The van der Waals surface area contributed by atoms with Crippen LogP contribution < -0.4 is 20.1 Å². The minimum atomic E-state index is -0.334. The Balaban J connectivity index is 1.67. The van der Waals surface area contributed by atoms with Crippen molar-refractivity contribution in [1.29, 1.82) is 0 Å². The quantitative estimate of drug-likeness (QED) is 0.457. The van der Waals surface area contributed by atoms with Crippen molar-refractivity contribution in [1.82, 2.24) is 10.6 Å². The third-order valence-corrected chi connectivity index (χ3v) is 6.25. The first kappa shape index (κ1) is 26.0. The van der Waals surface area contributed by atoms with Crippen LogP contribution in [-0.4, -0.2) is 41.6 Å². The number of nitrogens with one attached hydrogen (secondary N) is 2. The van der Waals surface area contributed by atoms with Crippen LogP contribution in [-0.2, 0) is 6.61 Å². The molecule has 1 aliphatic rings. The number of aliphatic imine (C=N–C) groups is 1. The number of benzene rings is 2. The molecule has 2 aromatic rings. The van der Waals surface area contributed by atoms with Gasteiger partial charge in [0.05, 0.1) is 12.1 Å². The molecule has 0 saturated carbocycles. The monoisotopic (exact) mass is 487 g/mol. The van der Waals surface area contributed by atoms with E-state index < -0.39 is 0 Å². The molecule has 2 aromatic carbocycles. The van der Waals surface area contributed by atoms with Gasteiger partial charge in [-0.25, -0.2) is 4.39 Å². The van der Waals surface area contributed by atoms with Gasteiger partial charge in [0, 0.05) is 35.5 Å². The fourth-order valence-corrected chi connectivity index (χ4v) is 4.46. The highest BCUT2D eigenvalue weighted by molar-refractivity contribution is 8.14. The molecule has 8 heteroatoms. The average molecular weight is 488 g/mol. The van der Waals surface area contributed by atoms with Gasteiger partial charge in [0.15, 0.2) is 5.17 Å². The number of ether oxygens (including phenoxy) is 2. The smallest absolute Gasteiger partial charge is 0.257 e. The number of thioether (sulfide) groups is 1. The Labute approximate surface area is 205 Å². The predicted molar refractivity (Wildman–Crippen MR) is 136 cm³/mol. The number of halogens is 1. The van der Waals surface area contributed by atoms with Gasteiger partial charge in [-0.05, 0) is 45.4 Å². The lowest BCUT2D eigenvalue weighted by Gasteiger charge is -2.14. The standard InChI is InChI=1S/C26H34FN3O3S/c1-5-8-18(4)28-14-21-16-34-26(29-21)30-25(31)20-11-22(13-23(12-20)33-17(2)3)32-15-19-9-6-7-10-24(19)27/h6-7,9-13,17-18,21,28H,5,8,14-16H2,1-4H3,(H,29,30,31). The van der Waals surface area contributed by atoms with Gasteiger partial charge in [0.1, 0.15) is 23.9 Å². The summed E-state index contributed by atoms with van der Waals surface area (Å²) in [6, 6.07) is 12.1. The van der Waals surface area contributed by atoms with Crippen LogP contribution in [0, 0.1) is 5.82 Å². The van der Waals surface area contributed by atoms with Gasteiger partial charge in [0.25, 0.3) is 5.91 Å². The third kappa shape index (κ3) is 8.02. The maximum Gasteiger partial charge on any atom is 0.257 e. The first-order valence-corrected chi connectivity index (χ1v) is 12.8. The summed E-state index contributed by atoms with van der Waals surface area (Å²) in [5.74, 6) is 1.15. The van der Waals surface area contributed by atoms with Gasteiger partial charge >= 0.3 is 0 Å². The number of rotatable bonds is 11. The van der Waals surface area contributed by atoms with Gasteiger partial charge in [-0.15, -0.1) is 0 Å². The van der Waals surface area contributed by atoms with Crippen molar-refractivity contribution in [3.05, 3.63) is 59.4 Å². The van der Waals surface area contributed by atoms with Gasteiger partial charge in [0.2, 0.25) is 0 Å². The molecule has 1 heterocycles. The summed E-state index contributed by atoms with van der Waals surface area (Å²) in [6.45, 7) is 9.01. The zero-order valence-electron chi connectivity index (χ0n) is 20.3. The van der Waals surface area contributed by atoms with Crippen LogP contribution >= 0.6 is 11.8 Å². The van der Waals surface area contributed by atoms with Gasteiger partial charge < -0.3 is 20.1 Å². The number of carbonyl (C=O) groups is 1. The molecule has 184 valence electrons. The van der Waals surface area contributed by atoms with E-state index in [2.05, 4.69) is 29.5 Å². The first-order valence-electron chi connectivity index (χ1n) is 11.8. The van der Waals surface area contributed by atoms with Crippen molar-refractivity contribution in [2.45, 2.75) is 65.3 Å². The van der Waals surface area contributed by atoms with E-state index in [0.717, 1.165) is 25.1 Å². The lowest BCUT2D eigenvalue weighted by Crippen LogP contribution is -2.33. The van der Waals surface area contributed by atoms with Crippen LogP contribution in [0.4, 0.5) is 4.39 Å². The minimum Gasteiger partial charge on any atom is -0.491 e. The largest absolute Gasteiger partial charge is 0.491 e. The van der Waals surface area contributed by atoms with Crippen LogP contribution in [0.2, 0.25) is 0 Å². The topological polar surface area (TPSA) is 72.0 Å². The Morgan fingerprint density at radius 3 is 2.71 bits per heavy atom. The summed E-state index contributed by atoms with van der Waals surface area (Å²) in [5.41, 5.74) is 0.830. The highest BCUT2D eigenvalue weighted by atomic mass is 32.2. The van der Waals surface area contributed by atoms with E-state index in [0.29, 0.717) is 33.8 Å². The van der Waals surface area contributed by atoms with Crippen molar-refractivity contribution in [3.8, 4) is 11.5 Å². The normalized spacial score (nSPS) is 16.3. The lowest BCUT2D eigenvalue weighted by molar-refractivity contribution is 0.0976. The van der Waals surface area contributed by atoms with E-state index in [1.165, 1.54) is 6.07 Å². The fraction of sp³-hybridized carbons (Fsp3) is 0.462. The van der Waals surface area contributed by atoms with Crippen molar-refractivity contribution in [2.75, 3.05) is 12.3 Å². The van der Waals surface area contributed by atoms with Crippen LogP contribution in [0.1, 0.15) is 56.5 Å². The van der Waals surface area contributed by atoms with Gasteiger partial charge in [-0.2, -0.15) is 0 Å². The van der Waals surface area contributed by atoms with E-state index in [-0.39, 0.29) is 30.5 Å². The molecule has 0 aliphatic carbocycles. The molecule has 0 aromatic heterocycles.